The van der Waals surface area contributed by atoms with E-state index in [-0.39, 0.29) is 4.90 Å². The smallest absolute Gasteiger partial charge is 0.265 e. The number of hydrogen-bond donors (Lipinski definition) is 3. The van der Waals surface area contributed by atoms with Crippen LogP contribution in [0, 0.1) is 13.8 Å². The van der Waals surface area contributed by atoms with Gasteiger partial charge in [0.05, 0.1) is 24.2 Å². The molecule has 0 aliphatic rings. The molecule has 0 amide bonds. The van der Waals surface area contributed by atoms with E-state index >= 15 is 0 Å². The molecule has 0 aliphatic carbocycles. The minimum atomic E-state index is -3.74. The Kier molecular flexibility index (Phi) is 3.58. The second-order valence-electron chi connectivity index (χ2n) is 4.33. The fourth-order valence-electron chi connectivity index (χ4n) is 1.92. The SMILES string of the molecule is COc1cc(N)ccc1NS(=O)(=O)c1c(C)n[nH]c1C. The Hall–Kier alpha value is -2.22. The molecule has 2 aromatic rings. The van der Waals surface area contributed by atoms with Gasteiger partial charge in [0, 0.05) is 11.8 Å². The van der Waals surface area contributed by atoms with Crippen molar-refractivity contribution in [2.45, 2.75) is 18.7 Å². The Morgan fingerprint density at radius 1 is 1.35 bits per heavy atom. The molecular weight excluding hydrogens is 280 g/mol. The zero-order valence-corrected chi connectivity index (χ0v) is 12.2. The highest BCUT2D eigenvalue weighted by Crippen LogP contribution is 2.29. The number of nitrogens with zero attached hydrogens (tertiary/aromatic N) is 1. The molecule has 1 aromatic carbocycles. The monoisotopic (exact) mass is 296 g/mol. The molecule has 4 N–H and O–H groups in total. The highest BCUT2D eigenvalue weighted by Gasteiger charge is 2.23. The molecule has 20 heavy (non-hydrogen) atoms. The van der Waals surface area contributed by atoms with Crippen molar-refractivity contribution in [3.8, 4) is 5.75 Å². The van der Waals surface area contributed by atoms with Crippen LogP contribution in [0.5, 0.6) is 5.75 Å². The van der Waals surface area contributed by atoms with Gasteiger partial charge in [-0.1, -0.05) is 0 Å². The first kappa shape index (κ1) is 14.2. The molecule has 1 aromatic heterocycles. The summed E-state index contributed by atoms with van der Waals surface area (Å²) in [6.07, 6.45) is 0. The number of sulfonamides is 1. The van der Waals surface area contributed by atoms with Crippen molar-refractivity contribution in [1.82, 2.24) is 10.2 Å². The number of hydrogen-bond acceptors (Lipinski definition) is 5. The molecule has 0 saturated carbocycles. The van der Waals surface area contributed by atoms with Crippen LogP contribution in [0.1, 0.15) is 11.4 Å². The molecular formula is C12H16N4O3S. The average molecular weight is 296 g/mol. The Morgan fingerprint density at radius 3 is 2.60 bits per heavy atom. The number of nitrogens with one attached hydrogen (secondary N) is 2. The fraction of sp³-hybridized carbons (Fsp3) is 0.250. The van der Waals surface area contributed by atoms with Gasteiger partial charge in [0.15, 0.2) is 0 Å². The largest absolute Gasteiger partial charge is 0.494 e. The Bertz CT molecular complexity index is 718. The predicted molar refractivity (Wildman–Crippen MR) is 76.3 cm³/mol. The van der Waals surface area contributed by atoms with Crippen LogP contribution >= 0.6 is 0 Å². The summed E-state index contributed by atoms with van der Waals surface area (Å²) in [6.45, 7) is 3.27. The van der Waals surface area contributed by atoms with E-state index in [1.165, 1.54) is 7.11 Å². The summed E-state index contributed by atoms with van der Waals surface area (Å²) in [5.41, 5.74) is 7.33. The fourth-order valence-corrected chi connectivity index (χ4v) is 3.37. The van der Waals surface area contributed by atoms with E-state index < -0.39 is 10.0 Å². The third-order valence-corrected chi connectivity index (χ3v) is 4.43. The quantitative estimate of drug-likeness (QED) is 0.739. The van der Waals surface area contributed by atoms with Crippen LogP contribution in [0.2, 0.25) is 0 Å². The Morgan fingerprint density at radius 2 is 2.05 bits per heavy atom. The number of nitrogen functional groups attached to an aromatic ring is 1. The number of nitrogens with two attached hydrogens (primary N) is 1. The maximum Gasteiger partial charge on any atom is 0.265 e. The molecule has 0 bridgehead atoms. The molecule has 0 unspecified atom stereocenters. The topological polar surface area (TPSA) is 110 Å². The molecule has 0 atom stereocenters. The van der Waals surface area contributed by atoms with Crippen LogP contribution < -0.4 is 15.2 Å². The maximum absolute atomic E-state index is 12.4. The second-order valence-corrected chi connectivity index (χ2v) is 5.95. The number of benzene rings is 1. The van der Waals surface area contributed by atoms with Gasteiger partial charge >= 0.3 is 0 Å². The van der Waals surface area contributed by atoms with E-state index in [0.717, 1.165) is 0 Å². The second kappa shape index (κ2) is 5.04. The lowest BCUT2D eigenvalue weighted by Crippen LogP contribution is -2.15. The van der Waals surface area contributed by atoms with E-state index in [4.69, 9.17) is 10.5 Å². The van der Waals surface area contributed by atoms with Crippen molar-refractivity contribution in [2.24, 2.45) is 0 Å². The molecule has 0 aliphatic heterocycles. The first-order valence-corrected chi connectivity index (χ1v) is 7.31. The van der Waals surface area contributed by atoms with Crippen LogP contribution in [0.25, 0.3) is 0 Å². The van der Waals surface area contributed by atoms with Crippen LogP contribution in [0.4, 0.5) is 11.4 Å². The molecule has 0 spiro atoms. The van der Waals surface area contributed by atoms with Gasteiger partial charge in [-0.05, 0) is 26.0 Å². The first-order valence-electron chi connectivity index (χ1n) is 5.83. The minimum absolute atomic E-state index is 0.136. The van der Waals surface area contributed by atoms with Crippen molar-refractivity contribution >= 4 is 21.4 Å². The molecule has 0 fully saturated rings. The van der Waals surface area contributed by atoms with Crippen molar-refractivity contribution < 1.29 is 13.2 Å². The lowest BCUT2D eigenvalue weighted by molar-refractivity contribution is 0.417. The zero-order valence-electron chi connectivity index (χ0n) is 11.4. The number of aromatic amines is 1. The van der Waals surface area contributed by atoms with Crippen LogP contribution in [0.15, 0.2) is 23.1 Å². The highest BCUT2D eigenvalue weighted by molar-refractivity contribution is 7.92. The molecule has 0 saturated heterocycles. The lowest BCUT2D eigenvalue weighted by Gasteiger charge is -2.12. The van der Waals surface area contributed by atoms with Gasteiger partial charge in [0.25, 0.3) is 10.0 Å². The Labute approximate surface area is 117 Å². The summed E-state index contributed by atoms with van der Waals surface area (Å²) in [6, 6.07) is 4.69. The number of aryl methyl sites for hydroxylation is 2. The summed E-state index contributed by atoms with van der Waals surface area (Å²) in [7, 11) is -2.30. The van der Waals surface area contributed by atoms with Crippen molar-refractivity contribution in [3.05, 3.63) is 29.6 Å². The van der Waals surface area contributed by atoms with Gasteiger partial charge in [-0.3, -0.25) is 9.82 Å². The number of methoxy groups -OCH3 is 1. The summed E-state index contributed by atoms with van der Waals surface area (Å²) < 4.78 is 32.4. The third-order valence-electron chi connectivity index (χ3n) is 2.80. The van der Waals surface area contributed by atoms with Gasteiger partial charge in [-0.15, -0.1) is 0 Å². The van der Waals surface area contributed by atoms with Gasteiger partial charge in [-0.2, -0.15) is 5.10 Å². The van der Waals surface area contributed by atoms with Crippen LogP contribution in [-0.4, -0.2) is 25.7 Å². The summed E-state index contributed by atoms with van der Waals surface area (Å²) in [5, 5.41) is 6.53. The minimum Gasteiger partial charge on any atom is -0.494 e. The number of rotatable bonds is 4. The summed E-state index contributed by atoms with van der Waals surface area (Å²) in [4.78, 5) is 0.136. The number of aromatic nitrogens is 2. The molecule has 0 radical (unpaired) electrons. The molecule has 7 nitrogen and oxygen atoms in total. The van der Waals surface area contributed by atoms with Crippen LogP contribution in [0.3, 0.4) is 0 Å². The first-order chi connectivity index (χ1) is 9.35. The van der Waals surface area contributed by atoms with E-state index in [9.17, 15) is 8.42 Å². The average Bonchev–Trinajstić information content (AvgIpc) is 2.71. The number of H-pyrrole nitrogens is 1. The van der Waals surface area contributed by atoms with E-state index in [1.807, 2.05) is 0 Å². The van der Waals surface area contributed by atoms with E-state index in [1.54, 1.807) is 32.0 Å². The normalized spacial score (nSPS) is 11.3. The van der Waals surface area contributed by atoms with Gasteiger partial charge in [0.2, 0.25) is 0 Å². The molecule has 2 rings (SSSR count). The van der Waals surface area contributed by atoms with E-state index in [0.29, 0.717) is 28.5 Å². The highest BCUT2D eigenvalue weighted by atomic mass is 32.2. The van der Waals surface area contributed by atoms with Crippen molar-refractivity contribution in [2.75, 3.05) is 17.6 Å². The third kappa shape index (κ3) is 2.55. The van der Waals surface area contributed by atoms with E-state index in [2.05, 4.69) is 14.9 Å². The number of anilines is 2. The lowest BCUT2D eigenvalue weighted by atomic mass is 10.2. The molecule has 1 heterocycles. The van der Waals surface area contributed by atoms with Crippen molar-refractivity contribution in [3.63, 3.8) is 0 Å². The van der Waals surface area contributed by atoms with Crippen LogP contribution in [-0.2, 0) is 10.0 Å². The summed E-state index contributed by atoms with van der Waals surface area (Å²) >= 11 is 0. The maximum atomic E-state index is 12.4. The van der Waals surface area contributed by atoms with Gasteiger partial charge in [-0.25, -0.2) is 8.42 Å². The van der Waals surface area contributed by atoms with Gasteiger partial charge in [0.1, 0.15) is 10.6 Å². The Balaban J connectivity index is 2.44. The predicted octanol–water partition coefficient (Wildman–Crippen LogP) is 1.42. The molecule has 8 heteroatoms. The number of ether oxygens (including phenoxy) is 1. The summed E-state index contributed by atoms with van der Waals surface area (Å²) in [5.74, 6) is 0.354. The standard InChI is InChI=1S/C12H16N4O3S/c1-7-12(8(2)15-14-7)20(17,18)16-10-5-4-9(13)6-11(10)19-3/h4-6,16H,13H2,1-3H3,(H,14,15). The van der Waals surface area contributed by atoms with Gasteiger partial charge < -0.3 is 10.5 Å². The molecule has 108 valence electrons. The van der Waals surface area contributed by atoms with Crippen molar-refractivity contribution in [1.29, 1.82) is 0 Å². The zero-order chi connectivity index (χ0) is 14.9.